The highest BCUT2D eigenvalue weighted by Crippen LogP contribution is 2.26. The van der Waals surface area contributed by atoms with Crippen molar-refractivity contribution in [2.45, 2.75) is 19.4 Å². The third kappa shape index (κ3) is 1.42. The zero-order valence-corrected chi connectivity index (χ0v) is 7.51. The van der Waals surface area contributed by atoms with Crippen molar-refractivity contribution in [3.63, 3.8) is 0 Å². The first-order valence-corrected chi connectivity index (χ1v) is 4.67. The first-order valence-electron chi connectivity index (χ1n) is 4.67. The van der Waals surface area contributed by atoms with Gasteiger partial charge >= 0.3 is 0 Å². The lowest BCUT2D eigenvalue weighted by molar-refractivity contribution is 0.0915. The van der Waals surface area contributed by atoms with Gasteiger partial charge in [-0.1, -0.05) is 0 Å². The SMILES string of the molecule is CC1NCC2CC1CN(C)C2. The second-order valence-electron chi connectivity index (χ2n) is 4.28. The van der Waals surface area contributed by atoms with Gasteiger partial charge in [0.15, 0.2) is 0 Å². The molecule has 2 fully saturated rings. The molecule has 0 saturated carbocycles. The van der Waals surface area contributed by atoms with E-state index in [0.29, 0.717) is 0 Å². The number of piperidine rings is 2. The lowest BCUT2D eigenvalue weighted by atomic mass is 9.81. The first-order chi connectivity index (χ1) is 5.25. The van der Waals surface area contributed by atoms with Crippen LogP contribution in [0.4, 0.5) is 0 Å². The molecule has 0 spiro atoms. The van der Waals surface area contributed by atoms with Crippen LogP contribution < -0.4 is 5.32 Å². The predicted octanol–water partition coefficient (Wildman–Crippen LogP) is 0.546. The molecule has 2 aliphatic rings. The van der Waals surface area contributed by atoms with Gasteiger partial charge in [-0.2, -0.15) is 0 Å². The van der Waals surface area contributed by atoms with E-state index in [9.17, 15) is 0 Å². The van der Waals surface area contributed by atoms with Gasteiger partial charge in [-0.15, -0.1) is 0 Å². The van der Waals surface area contributed by atoms with Crippen LogP contribution in [-0.4, -0.2) is 37.6 Å². The summed E-state index contributed by atoms with van der Waals surface area (Å²) in [7, 11) is 2.25. The van der Waals surface area contributed by atoms with E-state index in [4.69, 9.17) is 0 Å². The van der Waals surface area contributed by atoms with Crippen molar-refractivity contribution in [3.05, 3.63) is 0 Å². The minimum atomic E-state index is 0.744. The summed E-state index contributed by atoms with van der Waals surface area (Å²) in [5, 5.41) is 3.58. The standard InChI is InChI=1S/C9H18N2/c1-7-9-3-8(4-10-7)5-11(2)6-9/h7-10H,3-6H2,1-2H3. The summed E-state index contributed by atoms with van der Waals surface area (Å²) >= 11 is 0. The maximum Gasteiger partial charge on any atom is 0.00794 e. The molecular formula is C9H18N2. The summed E-state index contributed by atoms with van der Waals surface area (Å²) in [6.07, 6.45) is 1.46. The molecule has 2 heterocycles. The second-order valence-corrected chi connectivity index (χ2v) is 4.28. The molecule has 0 aromatic rings. The fraction of sp³-hybridized carbons (Fsp3) is 1.00. The number of rotatable bonds is 0. The van der Waals surface area contributed by atoms with Crippen LogP contribution in [0.5, 0.6) is 0 Å². The van der Waals surface area contributed by atoms with E-state index in [1.165, 1.54) is 26.1 Å². The van der Waals surface area contributed by atoms with Crippen molar-refractivity contribution in [3.8, 4) is 0 Å². The molecule has 1 N–H and O–H groups in total. The monoisotopic (exact) mass is 154 g/mol. The Morgan fingerprint density at radius 2 is 2.18 bits per heavy atom. The topological polar surface area (TPSA) is 15.3 Å². The van der Waals surface area contributed by atoms with E-state index >= 15 is 0 Å². The molecule has 0 amide bonds. The summed E-state index contributed by atoms with van der Waals surface area (Å²) in [6.45, 7) is 6.16. The van der Waals surface area contributed by atoms with Crippen molar-refractivity contribution in [1.82, 2.24) is 10.2 Å². The summed E-state index contributed by atoms with van der Waals surface area (Å²) in [4.78, 5) is 2.48. The number of hydrogen-bond donors (Lipinski definition) is 1. The van der Waals surface area contributed by atoms with Gasteiger partial charge in [-0.25, -0.2) is 0 Å². The van der Waals surface area contributed by atoms with Crippen LogP contribution in [0.25, 0.3) is 0 Å². The van der Waals surface area contributed by atoms with Gasteiger partial charge in [0.2, 0.25) is 0 Å². The Morgan fingerprint density at radius 1 is 1.36 bits per heavy atom. The Labute approximate surface area is 69.0 Å². The fourth-order valence-corrected chi connectivity index (χ4v) is 2.52. The number of fused-ring (bicyclic) bond motifs is 2. The number of hydrogen-bond acceptors (Lipinski definition) is 2. The highest BCUT2D eigenvalue weighted by molar-refractivity contribution is 4.89. The Balaban J connectivity index is 2.02. The summed E-state index contributed by atoms with van der Waals surface area (Å²) in [5.74, 6) is 1.84. The van der Waals surface area contributed by atoms with Crippen molar-refractivity contribution in [2.24, 2.45) is 11.8 Å². The molecule has 0 radical (unpaired) electrons. The van der Waals surface area contributed by atoms with Crippen LogP contribution in [0, 0.1) is 11.8 Å². The number of nitrogens with one attached hydrogen (secondary N) is 1. The zero-order chi connectivity index (χ0) is 7.84. The molecule has 2 rings (SSSR count). The van der Waals surface area contributed by atoms with Gasteiger partial charge in [0.1, 0.15) is 0 Å². The summed E-state index contributed by atoms with van der Waals surface area (Å²) in [5.41, 5.74) is 0. The van der Waals surface area contributed by atoms with Gasteiger partial charge < -0.3 is 10.2 Å². The maximum atomic E-state index is 3.58. The number of likely N-dealkylation sites (tertiary alicyclic amines) is 1. The highest BCUT2D eigenvalue weighted by Gasteiger charge is 2.32. The van der Waals surface area contributed by atoms with E-state index < -0.39 is 0 Å². The molecule has 2 saturated heterocycles. The molecule has 2 nitrogen and oxygen atoms in total. The minimum Gasteiger partial charge on any atom is -0.314 e. The molecular weight excluding hydrogens is 136 g/mol. The van der Waals surface area contributed by atoms with Gasteiger partial charge in [-0.05, 0) is 38.8 Å². The quantitative estimate of drug-likeness (QED) is 0.548. The van der Waals surface area contributed by atoms with Gasteiger partial charge in [0, 0.05) is 19.1 Å². The molecule has 2 aliphatic heterocycles. The van der Waals surface area contributed by atoms with Crippen molar-refractivity contribution in [1.29, 1.82) is 0 Å². The van der Waals surface area contributed by atoms with E-state index in [2.05, 4.69) is 24.2 Å². The van der Waals surface area contributed by atoms with Crippen LogP contribution in [0.1, 0.15) is 13.3 Å². The van der Waals surface area contributed by atoms with Crippen LogP contribution in [-0.2, 0) is 0 Å². The summed E-state index contributed by atoms with van der Waals surface area (Å²) in [6, 6.07) is 0.744. The fourth-order valence-electron chi connectivity index (χ4n) is 2.52. The third-order valence-electron chi connectivity index (χ3n) is 3.19. The molecule has 0 aromatic carbocycles. The molecule has 2 bridgehead atoms. The Hall–Kier alpha value is -0.0800. The average Bonchev–Trinajstić information content (AvgIpc) is 1.97. The number of nitrogens with zero attached hydrogens (tertiary/aromatic N) is 1. The van der Waals surface area contributed by atoms with E-state index in [1.54, 1.807) is 0 Å². The van der Waals surface area contributed by atoms with Gasteiger partial charge in [0.25, 0.3) is 0 Å². The molecule has 3 unspecified atom stereocenters. The predicted molar refractivity (Wildman–Crippen MR) is 46.6 cm³/mol. The van der Waals surface area contributed by atoms with Crippen LogP contribution >= 0.6 is 0 Å². The first kappa shape index (κ1) is 7.56. The average molecular weight is 154 g/mol. The second kappa shape index (κ2) is 2.76. The minimum absolute atomic E-state index is 0.744. The lowest BCUT2D eigenvalue weighted by Crippen LogP contribution is -2.54. The molecule has 0 aromatic heterocycles. The Bertz CT molecular complexity index is 144. The molecule has 11 heavy (non-hydrogen) atoms. The zero-order valence-electron chi connectivity index (χ0n) is 7.51. The molecule has 64 valence electrons. The Kier molecular flexibility index (Phi) is 1.90. The normalized spacial score (nSPS) is 45.8. The Morgan fingerprint density at radius 3 is 3.00 bits per heavy atom. The maximum absolute atomic E-state index is 3.58. The van der Waals surface area contributed by atoms with E-state index in [-0.39, 0.29) is 0 Å². The van der Waals surface area contributed by atoms with E-state index in [1.807, 2.05) is 0 Å². The summed E-state index contributed by atoms with van der Waals surface area (Å²) < 4.78 is 0. The molecule has 2 heteroatoms. The van der Waals surface area contributed by atoms with Crippen LogP contribution in [0.15, 0.2) is 0 Å². The third-order valence-corrected chi connectivity index (χ3v) is 3.19. The van der Waals surface area contributed by atoms with Crippen molar-refractivity contribution < 1.29 is 0 Å². The van der Waals surface area contributed by atoms with Crippen molar-refractivity contribution in [2.75, 3.05) is 26.7 Å². The van der Waals surface area contributed by atoms with E-state index in [0.717, 1.165) is 17.9 Å². The van der Waals surface area contributed by atoms with Gasteiger partial charge in [-0.3, -0.25) is 0 Å². The lowest BCUT2D eigenvalue weighted by Gasteiger charge is -2.43. The highest BCUT2D eigenvalue weighted by atomic mass is 15.1. The van der Waals surface area contributed by atoms with Crippen LogP contribution in [0.3, 0.4) is 0 Å². The molecule has 3 atom stereocenters. The largest absolute Gasteiger partial charge is 0.314 e. The van der Waals surface area contributed by atoms with Gasteiger partial charge in [0.05, 0.1) is 0 Å². The van der Waals surface area contributed by atoms with Crippen LogP contribution in [0.2, 0.25) is 0 Å². The molecule has 0 aliphatic carbocycles. The van der Waals surface area contributed by atoms with Crippen molar-refractivity contribution >= 4 is 0 Å². The smallest absolute Gasteiger partial charge is 0.00794 e.